The largest absolute Gasteiger partial charge is 0.103 e. The number of rotatable bonds is 7. The topological polar surface area (TPSA) is 0 Å². The van der Waals surface area contributed by atoms with Crippen LogP contribution in [0, 0.1) is 17.8 Å². The van der Waals surface area contributed by atoms with E-state index < -0.39 is 0 Å². The van der Waals surface area contributed by atoms with Crippen LogP contribution in [0.15, 0.2) is 61.2 Å². The quantitative estimate of drug-likeness (QED) is 0.418. The molecule has 0 nitrogen and oxygen atoms in total. The fourth-order valence-electron chi connectivity index (χ4n) is 6.04. The highest BCUT2D eigenvalue weighted by atomic mass is 14.4. The molecule has 4 atom stereocenters. The van der Waals surface area contributed by atoms with Crippen molar-refractivity contribution in [3.05, 3.63) is 72.3 Å². The molecule has 29 heavy (non-hydrogen) atoms. The number of fused-ring (bicyclic) bond motifs is 1. The molecule has 2 aromatic rings. The Kier molecular flexibility index (Phi) is 6.90. The second-order valence-corrected chi connectivity index (χ2v) is 9.64. The summed E-state index contributed by atoms with van der Waals surface area (Å²) in [5.74, 6) is 3.83. The minimum atomic E-state index is 0.786. The maximum Gasteiger partial charge on any atom is -0.0159 e. The third-order valence-corrected chi connectivity index (χ3v) is 7.73. The van der Waals surface area contributed by atoms with E-state index in [1.54, 1.807) is 5.56 Å². The SMILES string of the molecule is C=CCCc1ccc(-c2ccc(C3CCC4CC(CCC)CCC4C3)cc2)cc1. The summed E-state index contributed by atoms with van der Waals surface area (Å²) < 4.78 is 0. The lowest BCUT2D eigenvalue weighted by molar-refractivity contribution is 0.114. The van der Waals surface area contributed by atoms with Crippen LogP contribution < -0.4 is 0 Å². The Morgan fingerprint density at radius 3 is 2.17 bits per heavy atom. The van der Waals surface area contributed by atoms with Crippen LogP contribution in [0.2, 0.25) is 0 Å². The summed E-state index contributed by atoms with van der Waals surface area (Å²) in [6.45, 7) is 6.17. The van der Waals surface area contributed by atoms with Gasteiger partial charge in [0.25, 0.3) is 0 Å². The van der Waals surface area contributed by atoms with Gasteiger partial charge in [-0.1, -0.05) is 80.8 Å². The molecule has 0 bridgehead atoms. The first-order valence-corrected chi connectivity index (χ1v) is 12.1. The average Bonchev–Trinajstić information content (AvgIpc) is 2.78. The van der Waals surface area contributed by atoms with E-state index in [9.17, 15) is 0 Å². The van der Waals surface area contributed by atoms with Crippen LogP contribution in [0.4, 0.5) is 0 Å². The summed E-state index contributed by atoms with van der Waals surface area (Å²) in [4.78, 5) is 0. The summed E-state index contributed by atoms with van der Waals surface area (Å²) in [7, 11) is 0. The molecule has 2 fully saturated rings. The molecule has 0 spiro atoms. The zero-order chi connectivity index (χ0) is 20.1. The molecular formula is C29H38. The lowest BCUT2D eigenvalue weighted by atomic mass is 9.63. The molecule has 0 aromatic heterocycles. The molecule has 0 saturated heterocycles. The Balaban J connectivity index is 1.37. The van der Waals surface area contributed by atoms with Gasteiger partial charge in [0.2, 0.25) is 0 Å². The molecule has 2 aromatic carbocycles. The molecule has 154 valence electrons. The highest BCUT2D eigenvalue weighted by molar-refractivity contribution is 5.64. The van der Waals surface area contributed by atoms with Crippen LogP contribution in [-0.4, -0.2) is 0 Å². The van der Waals surface area contributed by atoms with Crippen molar-refractivity contribution in [1.82, 2.24) is 0 Å². The monoisotopic (exact) mass is 386 g/mol. The van der Waals surface area contributed by atoms with Gasteiger partial charge in [0.1, 0.15) is 0 Å². The van der Waals surface area contributed by atoms with E-state index >= 15 is 0 Å². The normalized spacial score (nSPS) is 26.7. The van der Waals surface area contributed by atoms with Crippen molar-refractivity contribution in [2.24, 2.45) is 17.8 Å². The van der Waals surface area contributed by atoms with Gasteiger partial charge in [0.05, 0.1) is 0 Å². The molecule has 0 heteroatoms. The summed E-state index contributed by atoms with van der Waals surface area (Å²) in [5.41, 5.74) is 5.65. The molecule has 2 aliphatic carbocycles. The zero-order valence-electron chi connectivity index (χ0n) is 18.3. The molecular weight excluding hydrogens is 348 g/mol. The lowest BCUT2D eigenvalue weighted by Crippen LogP contribution is -2.30. The van der Waals surface area contributed by atoms with Crippen molar-refractivity contribution in [2.75, 3.05) is 0 Å². The summed E-state index contributed by atoms with van der Waals surface area (Å²) in [6.07, 6.45) is 15.8. The van der Waals surface area contributed by atoms with Gasteiger partial charge in [0.15, 0.2) is 0 Å². The lowest BCUT2D eigenvalue weighted by Gasteiger charge is -2.42. The van der Waals surface area contributed by atoms with Gasteiger partial charge < -0.3 is 0 Å². The number of benzene rings is 2. The molecule has 0 amide bonds. The van der Waals surface area contributed by atoms with E-state index in [0.717, 1.165) is 36.5 Å². The maximum absolute atomic E-state index is 3.82. The van der Waals surface area contributed by atoms with Gasteiger partial charge in [-0.05, 0) is 90.9 Å². The molecule has 0 radical (unpaired) electrons. The smallest absolute Gasteiger partial charge is 0.0159 e. The van der Waals surface area contributed by atoms with E-state index in [4.69, 9.17) is 0 Å². The zero-order valence-corrected chi connectivity index (χ0v) is 18.3. The van der Waals surface area contributed by atoms with Crippen molar-refractivity contribution in [3.8, 4) is 11.1 Å². The first-order chi connectivity index (χ1) is 14.3. The Bertz CT molecular complexity index is 767. The fourth-order valence-corrected chi connectivity index (χ4v) is 6.04. The van der Waals surface area contributed by atoms with E-state index in [1.165, 1.54) is 68.1 Å². The van der Waals surface area contributed by atoms with Gasteiger partial charge in [-0.2, -0.15) is 0 Å². The van der Waals surface area contributed by atoms with Gasteiger partial charge >= 0.3 is 0 Å². The van der Waals surface area contributed by atoms with Crippen LogP contribution >= 0.6 is 0 Å². The maximum atomic E-state index is 3.82. The van der Waals surface area contributed by atoms with Crippen LogP contribution in [0.25, 0.3) is 11.1 Å². The number of aryl methyl sites for hydroxylation is 1. The van der Waals surface area contributed by atoms with Gasteiger partial charge in [-0.3, -0.25) is 0 Å². The summed E-state index contributed by atoms with van der Waals surface area (Å²) in [5, 5.41) is 0. The van der Waals surface area contributed by atoms with Crippen molar-refractivity contribution in [2.45, 2.75) is 77.0 Å². The minimum Gasteiger partial charge on any atom is -0.103 e. The Labute approximate surface area is 178 Å². The van der Waals surface area contributed by atoms with Crippen LogP contribution in [0.5, 0.6) is 0 Å². The van der Waals surface area contributed by atoms with Crippen molar-refractivity contribution >= 4 is 0 Å². The predicted octanol–water partition coefficient (Wildman–Crippen LogP) is 8.57. The first-order valence-electron chi connectivity index (χ1n) is 12.1. The van der Waals surface area contributed by atoms with E-state index in [2.05, 4.69) is 62.0 Å². The van der Waals surface area contributed by atoms with Crippen LogP contribution in [0.1, 0.15) is 81.8 Å². The van der Waals surface area contributed by atoms with E-state index in [-0.39, 0.29) is 0 Å². The fraction of sp³-hybridized carbons (Fsp3) is 0.517. The Hall–Kier alpha value is -1.82. The van der Waals surface area contributed by atoms with Gasteiger partial charge in [-0.25, -0.2) is 0 Å². The predicted molar refractivity (Wildman–Crippen MR) is 126 cm³/mol. The highest BCUT2D eigenvalue weighted by Crippen LogP contribution is 2.48. The molecule has 2 saturated carbocycles. The second kappa shape index (κ2) is 9.79. The third-order valence-electron chi connectivity index (χ3n) is 7.73. The number of hydrogen-bond acceptors (Lipinski definition) is 0. The van der Waals surface area contributed by atoms with Crippen molar-refractivity contribution in [3.63, 3.8) is 0 Å². The van der Waals surface area contributed by atoms with E-state index in [1.807, 2.05) is 6.08 Å². The third kappa shape index (κ3) is 5.03. The van der Waals surface area contributed by atoms with E-state index in [0.29, 0.717) is 0 Å². The summed E-state index contributed by atoms with van der Waals surface area (Å²) in [6, 6.07) is 18.6. The Morgan fingerprint density at radius 2 is 1.48 bits per heavy atom. The summed E-state index contributed by atoms with van der Waals surface area (Å²) >= 11 is 0. The number of allylic oxidation sites excluding steroid dienone is 1. The number of hydrogen-bond donors (Lipinski definition) is 0. The molecule has 4 rings (SSSR count). The molecule has 0 aliphatic heterocycles. The van der Waals surface area contributed by atoms with Crippen LogP contribution in [-0.2, 0) is 6.42 Å². The Morgan fingerprint density at radius 1 is 0.828 bits per heavy atom. The molecule has 4 unspecified atom stereocenters. The van der Waals surface area contributed by atoms with Crippen molar-refractivity contribution in [1.29, 1.82) is 0 Å². The van der Waals surface area contributed by atoms with Crippen molar-refractivity contribution < 1.29 is 0 Å². The van der Waals surface area contributed by atoms with Gasteiger partial charge in [-0.15, -0.1) is 6.58 Å². The molecule has 0 heterocycles. The first kappa shape index (κ1) is 20.5. The standard InChI is InChI=1S/C29H38/c1-3-5-7-22-8-11-24(12-9-22)25-14-16-26(17-15-25)28-19-18-27-20-23(6-4-2)10-13-29(27)21-28/h3,8-9,11-12,14-17,23,27-29H,1,4-7,10,13,18-21H2,2H3. The molecule has 2 aliphatic rings. The molecule has 0 N–H and O–H groups in total. The van der Waals surface area contributed by atoms with Crippen LogP contribution in [0.3, 0.4) is 0 Å². The average molecular weight is 387 g/mol. The van der Waals surface area contributed by atoms with Gasteiger partial charge in [0, 0.05) is 0 Å². The second-order valence-electron chi connectivity index (χ2n) is 9.64. The highest BCUT2D eigenvalue weighted by Gasteiger charge is 2.35. The minimum absolute atomic E-state index is 0.786.